The molecule has 0 bridgehead atoms. The Labute approximate surface area is 112 Å². The summed E-state index contributed by atoms with van der Waals surface area (Å²) < 4.78 is 38.5. The molecule has 1 saturated heterocycles. The van der Waals surface area contributed by atoms with Gasteiger partial charge < -0.3 is 5.32 Å². The van der Waals surface area contributed by atoms with Crippen molar-refractivity contribution in [3.05, 3.63) is 0 Å². The lowest BCUT2D eigenvalue weighted by atomic mass is 9.77. The molecule has 0 aromatic carbocycles. The second-order valence-corrected chi connectivity index (χ2v) is 6.46. The first kappa shape index (κ1) is 13.7. The molecule has 2 aliphatic carbocycles. The molecule has 2 saturated carbocycles. The van der Waals surface area contributed by atoms with Crippen molar-refractivity contribution in [3.63, 3.8) is 0 Å². The molecular formula is C14H23F3N2. The van der Waals surface area contributed by atoms with Crippen LogP contribution in [0.1, 0.15) is 38.5 Å². The molecule has 1 aliphatic heterocycles. The van der Waals surface area contributed by atoms with E-state index < -0.39 is 12.1 Å². The molecule has 0 amide bonds. The van der Waals surface area contributed by atoms with Gasteiger partial charge in [0, 0.05) is 18.6 Å². The van der Waals surface area contributed by atoms with Crippen molar-refractivity contribution in [2.24, 2.45) is 11.8 Å². The van der Waals surface area contributed by atoms with E-state index in [2.05, 4.69) is 10.2 Å². The Bertz CT molecular complexity index is 314. The summed E-state index contributed by atoms with van der Waals surface area (Å²) in [7, 11) is 0. The molecule has 0 radical (unpaired) electrons. The third-order valence-corrected chi connectivity index (χ3v) is 5.01. The van der Waals surface area contributed by atoms with Crippen LogP contribution < -0.4 is 5.32 Å². The first-order chi connectivity index (χ1) is 9.04. The molecule has 0 aromatic rings. The molecule has 3 rings (SSSR count). The number of piperidine rings is 1. The lowest BCUT2D eigenvalue weighted by Gasteiger charge is -2.48. The lowest BCUT2D eigenvalue weighted by Crippen LogP contribution is -2.55. The smallest absolute Gasteiger partial charge is 0.314 e. The van der Waals surface area contributed by atoms with Gasteiger partial charge in [0.1, 0.15) is 0 Å². The number of nitrogens with zero attached hydrogens (tertiary/aromatic N) is 1. The highest BCUT2D eigenvalue weighted by atomic mass is 19.4. The fourth-order valence-corrected chi connectivity index (χ4v) is 3.45. The third-order valence-electron chi connectivity index (χ3n) is 5.01. The number of likely N-dealkylation sites (tertiary alicyclic amines) is 1. The minimum absolute atomic E-state index is 0.230. The number of hydrogen-bond donors (Lipinski definition) is 1. The monoisotopic (exact) mass is 276 g/mol. The summed E-state index contributed by atoms with van der Waals surface area (Å²) in [6.07, 6.45) is 1.82. The zero-order chi connectivity index (χ0) is 13.5. The number of halogens is 3. The Balaban J connectivity index is 1.50. The van der Waals surface area contributed by atoms with Gasteiger partial charge in [0.05, 0.1) is 5.92 Å². The van der Waals surface area contributed by atoms with Gasteiger partial charge in [-0.2, -0.15) is 13.2 Å². The van der Waals surface area contributed by atoms with Crippen molar-refractivity contribution in [3.8, 4) is 0 Å². The molecular weight excluding hydrogens is 253 g/mol. The van der Waals surface area contributed by atoms with Gasteiger partial charge in [0.2, 0.25) is 0 Å². The molecule has 3 aliphatic rings. The van der Waals surface area contributed by atoms with Gasteiger partial charge in [-0.25, -0.2) is 0 Å². The van der Waals surface area contributed by atoms with E-state index in [1.54, 1.807) is 0 Å². The fourth-order valence-electron chi connectivity index (χ4n) is 3.45. The van der Waals surface area contributed by atoms with E-state index in [1.165, 1.54) is 19.3 Å². The predicted octanol–water partition coefficient (Wildman–Crippen LogP) is 2.79. The van der Waals surface area contributed by atoms with Crippen molar-refractivity contribution < 1.29 is 13.2 Å². The van der Waals surface area contributed by atoms with Crippen LogP contribution in [0.25, 0.3) is 0 Å². The lowest BCUT2D eigenvalue weighted by molar-refractivity contribution is -0.191. The molecule has 110 valence electrons. The van der Waals surface area contributed by atoms with Crippen molar-refractivity contribution in [1.82, 2.24) is 10.2 Å². The summed E-state index contributed by atoms with van der Waals surface area (Å²) in [5.41, 5.74) is 0. The van der Waals surface area contributed by atoms with Gasteiger partial charge in [0.15, 0.2) is 0 Å². The number of alkyl halides is 3. The number of nitrogens with one attached hydrogen (secondary N) is 1. The van der Waals surface area contributed by atoms with Crippen LogP contribution in [0, 0.1) is 11.8 Å². The second kappa shape index (κ2) is 5.24. The van der Waals surface area contributed by atoms with Crippen LogP contribution in [0.2, 0.25) is 0 Å². The predicted molar refractivity (Wildman–Crippen MR) is 67.9 cm³/mol. The molecule has 3 atom stereocenters. The van der Waals surface area contributed by atoms with E-state index in [4.69, 9.17) is 0 Å². The van der Waals surface area contributed by atoms with E-state index in [0.29, 0.717) is 30.8 Å². The van der Waals surface area contributed by atoms with Gasteiger partial charge >= 0.3 is 6.18 Å². The van der Waals surface area contributed by atoms with Crippen LogP contribution in [-0.4, -0.2) is 42.8 Å². The van der Waals surface area contributed by atoms with E-state index in [-0.39, 0.29) is 6.54 Å². The van der Waals surface area contributed by atoms with Gasteiger partial charge in [-0.1, -0.05) is 0 Å². The van der Waals surface area contributed by atoms with Crippen LogP contribution in [0.3, 0.4) is 0 Å². The van der Waals surface area contributed by atoms with E-state index >= 15 is 0 Å². The standard InChI is InChI=1S/C14H23F3N2/c15-14(16,17)11-2-1-7-19(9-11)13-6-3-10(13)8-18-12-4-5-12/h10-13,18H,1-9H2. The van der Waals surface area contributed by atoms with Crippen LogP contribution in [-0.2, 0) is 0 Å². The topological polar surface area (TPSA) is 15.3 Å². The molecule has 3 fully saturated rings. The molecule has 0 aromatic heterocycles. The minimum atomic E-state index is -4.01. The Morgan fingerprint density at radius 3 is 2.42 bits per heavy atom. The SMILES string of the molecule is FC(F)(F)C1CCCN(C2CCC2CNC2CC2)C1. The van der Waals surface area contributed by atoms with Gasteiger partial charge in [-0.05, 0) is 57.5 Å². The van der Waals surface area contributed by atoms with Crippen molar-refractivity contribution in [1.29, 1.82) is 0 Å². The maximum absolute atomic E-state index is 12.8. The first-order valence-electron chi connectivity index (χ1n) is 7.58. The normalized spacial score (nSPS) is 37.1. The highest BCUT2D eigenvalue weighted by molar-refractivity contribution is 4.94. The quantitative estimate of drug-likeness (QED) is 0.849. The van der Waals surface area contributed by atoms with E-state index in [9.17, 15) is 13.2 Å². The number of hydrogen-bond acceptors (Lipinski definition) is 2. The van der Waals surface area contributed by atoms with Crippen LogP contribution in [0.5, 0.6) is 0 Å². The van der Waals surface area contributed by atoms with Gasteiger partial charge in [0.25, 0.3) is 0 Å². The Hall–Kier alpha value is -0.290. The molecule has 19 heavy (non-hydrogen) atoms. The summed E-state index contributed by atoms with van der Waals surface area (Å²) in [4.78, 5) is 2.12. The molecule has 3 unspecified atom stereocenters. The molecule has 2 nitrogen and oxygen atoms in total. The summed E-state index contributed by atoms with van der Waals surface area (Å²) in [6, 6.07) is 1.10. The molecule has 0 spiro atoms. The van der Waals surface area contributed by atoms with Crippen LogP contribution in [0.15, 0.2) is 0 Å². The van der Waals surface area contributed by atoms with E-state index in [0.717, 1.165) is 19.5 Å². The zero-order valence-electron chi connectivity index (χ0n) is 11.3. The average Bonchev–Trinajstić information content (AvgIpc) is 3.11. The summed E-state index contributed by atoms with van der Waals surface area (Å²) in [6.45, 7) is 2.09. The first-order valence-corrected chi connectivity index (χ1v) is 7.58. The maximum atomic E-state index is 12.8. The largest absolute Gasteiger partial charge is 0.393 e. The van der Waals surface area contributed by atoms with Crippen LogP contribution >= 0.6 is 0 Å². The van der Waals surface area contributed by atoms with Crippen molar-refractivity contribution in [2.75, 3.05) is 19.6 Å². The molecule has 1 N–H and O–H groups in total. The highest BCUT2D eigenvalue weighted by Crippen LogP contribution is 2.39. The summed E-state index contributed by atoms with van der Waals surface area (Å²) in [5, 5.41) is 3.52. The van der Waals surface area contributed by atoms with Gasteiger partial charge in [-0.3, -0.25) is 4.90 Å². The fraction of sp³-hybridized carbons (Fsp3) is 1.00. The highest BCUT2D eigenvalue weighted by Gasteiger charge is 2.45. The molecule has 1 heterocycles. The van der Waals surface area contributed by atoms with Crippen molar-refractivity contribution >= 4 is 0 Å². The Morgan fingerprint density at radius 2 is 1.84 bits per heavy atom. The Morgan fingerprint density at radius 1 is 1.05 bits per heavy atom. The average molecular weight is 276 g/mol. The Kier molecular flexibility index (Phi) is 3.78. The van der Waals surface area contributed by atoms with Gasteiger partial charge in [-0.15, -0.1) is 0 Å². The third kappa shape index (κ3) is 3.24. The zero-order valence-corrected chi connectivity index (χ0v) is 11.3. The second-order valence-electron chi connectivity index (χ2n) is 6.46. The van der Waals surface area contributed by atoms with Crippen LogP contribution in [0.4, 0.5) is 13.2 Å². The molecule has 5 heteroatoms. The summed E-state index contributed by atoms with van der Waals surface area (Å²) >= 11 is 0. The number of rotatable bonds is 4. The summed E-state index contributed by atoms with van der Waals surface area (Å²) in [5.74, 6) is -0.522. The van der Waals surface area contributed by atoms with Crippen molar-refractivity contribution in [2.45, 2.75) is 56.8 Å². The van der Waals surface area contributed by atoms with E-state index in [1.807, 2.05) is 0 Å². The minimum Gasteiger partial charge on any atom is -0.314 e. The maximum Gasteiger partial charge on any atom is 0.393 e.